The zero-order valence-corrected chi connectivity index (χ0v) is 9.60. The van der Waals surface area contributed by atoms with Gasteiger partial charge in [0, 0.05) is 12.1 Å². The largest absolute Gasteiger partial charge is 0.366 e. The zero-order valence-electron chi connectivity index (χ0n) is 9.60. The van der Waals surface area contributed by atoms with Crippen molar-refractivity contribution in [3.8, 4) is 0 Å². The van der Waals surface area contributed by atoms with Crippen molar-refractivity contribution in [3.63, 3.8) is 0 Å². The van der Waals surface area contributed by atoms with E-state index in [1.165, 1.54) is 12.4 Å². The van der Waals surface area contributed by atoms with E-state index in [4.69, 9.17) is 11.5 Å². The number of amides is 1. The number of hydrogen-bond acceptors (Lipinski definition) is 5. The van der Waals surface area contributed by atoms with Crippen LogP contribution in [0.1, 0.15) is 36.2 Å². The van der Waals surface area contributed by atoms with Crippen molar-refractivity contribution in [2.24, 2.45) is 11.5 Å². The second-order valence-corrected chi connectivity index (χ2v) is 4.41. The number of nitrogens with two attached hydrogens (primary N) is 2. The molecule has 1 aromatic heterocycles. The lowest BCUT2D eigenvalue weighted by molar-refractivity contribution is 0.0995. The minimum atomic E-state index is -0.562. The van der Waals surface area contributed by atoms with Gasteiger partial charge in [0.25, 0.3) is 5.91 Å². The lowest BCUT2D eigenvalue weighted by Crippen LogP contribution is -2.33. The molecule has 1 amide bonds. The molecule has 0 spiro atoms. The highest BCUT2D eigenvalue weighted by Crippen LogP contribution is 2.19. The maximum atomic E-state index is 10.8. The zero-order chi connectivity index (χ0) is 12.3. The first kappa shape index (κ1) is 11.8. The Morgan fingerprint density at radius 2 is 1.94 bits per heavy atom. The minimum absolute atomic E-state index is 0.182. The molecule has 1 saturated carbocycles. The molecule has 6 nitrogen and oxygen atoms in total. The van der Waals surface area contributed by atoms with Gasteiger partial charge in [-0.15, -0.1) is 0 Å². The van der Waals surface area contributed by atoms with Crippen LogP contribution in [0.3, 0.4) is 0 Å². The maximum absolute atomic E-state index is 10.8. The lowest BCUT2D eigenvalue weighted by atomic mass is 9.92. The molecule has 1 aromatic rings. The Bertz CT molecular complexity index is 383. The highest BCUT2D eigenvalue weighted by molar-refractivity contribution is 5.90. The molecule has 0 unspecified atom stereocenters. The Balaban J connectivity index is 1.92. The summed E-state index contributed by atoms with van der Waals surface area (Å²) in [6, 6.07) is 0.722. The molecule has 92 valence electrons. The van der Waals surface area contributed by atoms with E-state index in [0.717, 1.165) is 25.7 Å². The van der Waals surface area contributed by atoms with Gasteiger partial charge in [-0.2, -0.15) is 0 Å². The standard InChI is InChI=1S/C11H17N5O/c12-7-1-3-8(4-2-7)16-10-6-14-9(5-15-10)11(13)17/h5-8H,1-4,12H2,(H2,13,17)(H,15,16)/t7-,8-. The SMILES string of the molecule is NC(=O)c1cnc(N[C@H]2CC[C@H](N)CC2)cn1. The number of nitrogens with one attached hydrogen (secondary N) is 1. The van der Waals surface area contributed by atoms with Crippen molar-refractivity contribution in [3.05, 3.63) is 18.1 Å². The molecular weight excluding hydrogens is 218 g/mol. The molecular formula is C11H17N5O. The third kappa shape index (κ3) is 3.13. The number of hydrogen-bond donors (Lipinski definition) is 3. The summed E-state index contributed by atoms with van der Waals surface area (Å²) < 4.78 is 0. The molecule has 2 rings (SSSR count). The second-order valence-electron chi connectivity index (χ2n) is 4.41. The number of aromatic nitrogens is 2. The van der Waals surface area contributed by atoms with Gasteiger partial charge >= 0.3 is 0 Å². The molecule has 17 heavy (non-hydrogen) atoms. The van der Waals surface area contributed by atoms with E-state index in [-0.39, 0.29) is 5.69 Å². The van der Waals surface area contributed by atoms with Crippen molar-refractivity contribution in [2.45, 2.75) is 37.8 Å². The molecule has 0 bridgehead atoms. The fourth-order valence-corrected chi connectivity index (χ4v) is 2.00. The predicted molar refractivity (Wildman–Crippen MR) is 64.4 cm³/mol. The third-order valence-corrected chi connectivity index (χ3v) is 3.03. The summed E-state index contributed by atoms with van der Waals surface area (Å²) in [5.74, 6) is 0.114. The number of rotatable bonds is 3. The van der Waals surface area contributed by atoms with Gasteiger partial charge in [0.1, 0.15) is 11.5 Å². The summed E-state index contributed by atoms with van der Waals surface area (Å²) in [4.78, 5) is 18.9. The topological polar surface area (TPSA) is 107 Å². The number of carbonyl (C=O) groups is 1. The van der Waals surface area contributed by atoms with Gasteiger partial charge in [-0.25, -0.2) is 9.97 Å². The first-order chi connectivity index (χ1) is 8.15. The number of anilines is 1. The minimum Gasteiger partial charge on any atom is -0.366 e. The van der Waals surface area contributed by atoms with Gasteiger partial charge in [0.2, 0.25) is 0 Å². The molecule has 1 aliphatic carbocycles. The Kier molecular flexibility index (Phi) is 3.53. The summed E-state index contributed by atoms with van der Waals surface area (Å²) in [5, 5.41) is 3.29. The van der Waals surface area contributed by atoms with E-state index in [9.17, 15) is 4.79 Å². The quantitative estimate of drug-likeness (QED) is 0.696. The predicted octanol–water partition coefficient (Wildman–Crippen LogP) is 0.257. The molecule has 0 atom stereocenters. The number of nitrogens with zero attached hydrogens (tertiary/aromatic N) is 2. The van der Waals surface area contributed by atoms with Crippen LogP contribution < -0.4 is 16.8 Å². The van der Waals surface area contributed by atoms with Gasteiger partial charge in [-0.1, -0.05) is 0 Å². The van der Waals surface area contributed by atoms with Crippen molar-refractivity contribution in [1.29, 1.82) is 0 Å². The Morgan fingerprint density at radius 3 is 2.47 bits per heavy atom. The third-order valence-electron chi connectivity index (χ3n) is 3.03. The van der Waals surface area contributed by atoms with Crippen LogP contribution in [0.25, 0.3) is 0 Å². The van der Waals surface area contributed by atoms with Gasteiger partial charge in [0.15, 0.2) is 0 Å². The van der Waals surface area contributed by atoms with Crippen molar-refractivity contribution in [1.82, 2.24) is 9.97 Å². The van der Waals surface area contributed by atoms with E-state index in [1.807, 2.05) is 0 Å². The smallest absolute Gasteiger partial charge is 0.268 e. The van der Waals surface area contributed by atoms with E-state index < -0.39 is 5.91 Å². The van der Waals surface area contributed by atoms with Gasteiger partial charge in [-0.3, -0.25) is 4.79 Å². The Labute approximate surface area is 99.8 Å². The Morgan fingerprint density at radius 1 is 1.24 bits per heavy atom. The molecule has 0 aliphatic heterocycles. The molecule has 1 heterocycles. The Hall–Kier alpha value is -1.69. The van der Waals surface area contributed by atoms with Crippen LogP contribution in [-0.4, -0.2) is 28.0 Å². The fraction of sp³-hybridized carbons (Fsp3) is 0.545. The van der Waals surface area contributed by atoms with Gasteiger partial charge < -0.3 is 16.8 Å². The van der Waals surface area contributed by atoms with Crippen molar-refractivity contribution in [2.75, 3.05) is 5.32 Å². The highest BCUT2D eigenvalue weighted by atomic mass is 16.1. The molecule has 1 aliphatic rings. The van der Waals surface area contributed by atoms with Crippen molar-refractivity contribution >= 4 is 11.7 Å². The summed E-state index contributed by atoms with van der Waals surface area (Å²) in [6.45, 7) is 0. The molecule has 1 fully saturated rings. The molecule has 5 N–H and O–H groups in total. The molecule has 0 radical (unpaired) electrons. The van der Waals surface area contributed by atoms with E-state index in [1.54, 1.807) is 0 Å². The lowest BCUT2D eigenvalue weighted by Gasteiger charge is -2.27. The summed E-state index contributed by atoms with van der Waals surface area (Å²) >= 11 is 0. The molecule has 6 heteroatoms. The van der Waals surface area contributed by atoms with Gasteiger partial charge in [0.05, 0.1) is 12.4 Å². The first-order valence-corrected chi connectivity index (χ1v) is 5.79. The number of primary amides is 1. The summed E-state index contributed by atoms with van der Waals surface area (Å²) in [6.07, 6.45) is 7.07. The number of carbonyl (C=O) groups excluding carboxylic acids is 1. The van der Waals surface area contributed by atoms with Crippen LogP contribution in [-0.2, 0) is 0 Å². The second kappa shape index (κ2) is 5.09. The average molecular weight is 235 g/mol. The molecule has 0 saturated heterocycles. The van der Waals surface area contributed by atoms with Crippen LogP contribution in [0.2, 0.25) is 0 Å². The summed E-state index contributed by atoms with van der Waals surface area (Å²) in [7, 11) is 0. The normalized spacial score (nSPS) is 24.3. The highest BCUT2D eigenvalue weighted by Gasteiger charge is 2.18. The van der Waals surface area contributed by atoms with E-state index in [2.05, 4.69) is 15.3 Å². The average Bonchev–Trinajstić information content (AvgIpc) is 2.33. The fourth-order valence-electron chi connectivity index (χ4n) is 2.00. The van der Waals surface area contributed by atoms with Crippen LogP contribution in [0.4, 0.5) is 5.82 Å². The van der Waals surface area contributed by atoms with Crippen LogP contribution in [0.15, 0.2) is 12.4 Å². The molecule has 0 aromatic carbocycles. The summed E-state index contributed by atoms with van der Waals surface area (Å²) in [5.41, 5.74) is 11.1. The first-order valence-electron chi connectivity index (χ1n) is 5.79. The van der Waals surface area contributed by atoms with Gasteiger partial charge in [-0.05, 0) is 25.7 Å². The van der Waals surface area contributed by atoms with E-state index in [0.29, 0.717) is 17.9 Å². The van der Waals surface area contributed by atoms with Crippen LogP contribution in [0, 0.1) is 0 Å². The van der Waals surface area contributed by atoms with Crippen LogP contribution in [0.5, 0.6) is 0 Å². The van der Waals surface area contributed by atoms with Crippen LogP contribution >= 0.6 is 0 Å². The van der Waals surface area contributed by atoms with E-state index >= 15 is 0 Å². The van der Waals surface area contributed by atoms with Crippen molar-refractivity contribution < 1.29 is 4.79 Å². The maximum Gasteiger partial charge on any atom is 0.268 e. The monoisotopic (exact) mass is 235 g/mol.